The number of carbonyl (C=O) groups excluding carboxylic acids is 1. The number of aliphatic hydroxyl groups is 1. The molecule has 3 N–H and O–H groups in total. The van der Waals surface area contributed by atoms with Gasteiger partial charge in [0.05, 0.1) is 17.1 Å². The van der Waals surface area contributed by atoms with Crippen molar-refractivity contribution in [1.29, 1.82) is 0 Å². The number of aliphatic hydroxyl groups excluding tert-OH is 1. The largest absolute Gasteiger partial charge is 0.396 e. The highest BCUT2D eigenvalue weighted by atomic mass is 16.3. The summed E-state index contributed by atoms with van der Waals surface area (Å²) in [7, 11) is 0. The van der Waals surface area contributed by atoms with E-state index in [0.29, 0.717) is 35.1 Å². The number of amides is 1. The molecule has 0 saturated carbocycles. The van der Waals surface area contributed by atoms with Crippen molar-refractivity contribution in [2.75, 3.05) is 13.2 Å². The molecule has 0 atom stereocenters. The zero-order valence-corrected chi connectivity index (χ0v) is 11.2. The molecular weight excluding hydrogens is 272 g/mol. The number of hydrogen-bond donors (Lipinski definition) is 3. The molecule has 0 bridgehead atoms. The van der Waals surface area contributed by atoms with Crippen LogP contribution in [0.25, 0.3) is 16.6 Å². The molecule has 2 aromatic heterocycles. The fourth-order valence-electron chi connectivity index (χ4n) is 2.22. The van der Waals surface area contributed by atoms with Crippen molar-refractivity contribution in [3.8, 4) is 0 Å². The van der Waals surface area contributed by atoms with Crippen molar-refractivity contribution >= 4 is 22.5 Å². The molecule has 7 heteroatoms. The van der Waals surface area contributed by atoms with Crippen LogP contribution in [0, 0.1) is 0 Å². The molecule has 3 rings (SSSR count). The first kappa shape index (κ1) is 13.3. The van der Waals surface area contributed by atoms with E-state index in [2.05, 4.69) is 15.4 Å². The Morgan fingerprint density at radius 2 is 2.19 bits per heavy atom. The Labute approximate surface area is 119 Å². The average Bonchev–Trinajstić information content (AvgIpc) is 2.91. The third-order valence-electron chi connectivity index (χ3n) is 3.24. The lowest BCUT2D eigenvalue weighted by molar-refractivity contribution is 0.0952. The van der Waals surface area contributed by atoms with Crippen LogP contribution in [0.2, 0.25) is 0 Å². The molecule has 0 fully saturated rings. The summed E-state index contributed by atoms with van der Waals surface area (Å²) >= 11 is 0. The van der Waals surface area contributed by atoms with Gasteiger partial charge in [-0.1, -0.05) is 12.1 Å². The molecule has 0 aliphatic rings. The van der Waals surface area contributed by atoms with E-state index < -0.39 is 0 Å². The highest BCUT2D eigenvalue weighted by Gasteiger charge is 2.15. The Kier molecular flexibility index (Phi) is 3.41. The predicted molar refractivity (Wildman–Crippen MR) is 77.4 cm³/mol. The van der Waals surface area contributed by atoms with Crippen LogP contribution in [-0.4, -0.2) is 38.8 Å². The van der Waals surface area contributed by atoms with Gasteiger partial charge >= 0.3 is 0 Å². The third kappa shape index (κ3) is 2.27. The van der Waals surface area contributed by atoms with Crippen molar-refractivity contribution in [2.45, 2.75) is 6.42 Å². The number of fused-ring (bicyclic) bond motifs is 3. The predicted octanol–water partition coefficient (Wildman–Crippen LogP) is 0.288. The lowest BCUT2D eigenvalue weighted by Gasteiger charge is -2.04. The van der Waals surface area contributed by atoms with E-state index in [4.69, 9.17) is 5.11 Å². The number of H-pyrrole nitrogens is 1. The first-order valence-electron chi connectivity index (χ1n) is 6.60. The smallest absolute Gasteiger partial charge is 0.259 e. The molecule has 0 saturated heterocycles. The molecule has 108 valence electrons. The van der Waals surface area contributed by atoms with Crippen LogP contribution in [-0.2, 0) is 0 Å². The minimum absolute atomic E-state index is 0.0104. The van der Waals surface area contributed by atoms with Crippen LogP contribution in [0.3, 0.4) is 0 Å². The number of rotatable bonds is 4. The topological polar surface area (TPSA) is 99.5 Å². The molecule has 0 spiro atoms. The Bertz CT molecular complexity index is 865. The molecule has 2 heterocycles. The van der Waals surface area contributed by atoms with Gasteiger partial charge in [-0.05, 0) is 18.6 Å². The van der Waals surface area contributed by atoms with Crippen LogP contribution >= 0.6 is 0 Å². The fraction of sp³-hybridized carbons (Fsp3) is 0.214. The number of aromatic nitrogens is 3. The van der Waals surface area contributed by atoms with E-state index in [1.807, 2.05) is 6.07 Å². The Hall–Kier alpha value is -2.67. The van der Waals surface area contributed by atoms with Gasteiger partial charge in [0.25, 0.3) is 11.5 Å². The molecule has 0 aliphatic heterocycles. The van der Waals surface area contributed by atoms with Gasteiger partial charge in [-0.25, -0.2) is 4.52 Å². The minimum Gasteiger partial charge on any atom is -0.396 e. The van der Waals surface area contributed by atoms with E-state index in [1.165, 1.54) is 10.7 Å². The van der Waals surface area contributed by atoms with Gasteiger partial charge in [0.15, 0.2) is 0 Å². The van der Waals surface area contributed by atoms with Crippen molar-refractivity contribution < 1.29 is 9.90 Å². The van der Waals surface area contributed by atoms with Gasteiger partial charge in [0, 0.05) is 13.2 Å². The SMILES string of the molecule is O=C(NCCCO)c1cnn2c1[nH]c(=O)c1ccccc12. The van der Waals surface area contributed by atoms with Crippen LogP contribution < -0.4 is 10.9 Å². The van der Waals surface area contributed by atoms with Gasteiger partial charge in [0.1, 0.15) is 11.2 Å². The van der Waals surface area contributed by atoms with E-state index in [-0.39, 0.29) is 18.1 Å². The molecule has 1 aromatic carbocycles. The lowest BCUT2D eigenvalue weighted by atomic mass is 10.2. The third-order valence-corrected chi connectivity index (χ3v) is 3.24. The number of aromatic amines is 1. The van der Waals surface area contributed by atoms with Gasteiger partial charge in [-0.15, -0.1) is 0 Å². The van der Waals surface area contributed by atoms with Crippen molar-refractivity contribution in [1.82, 2.24) is 19.9 Å². The van der Waals surface area contributed by atoms with Crippen molar-refractivity contribution in [2.24, 2.45) is 0 Å². The zero-order valence-electron chi connectivity index (χ0n) is 11.2. The number of hydrogen-bond acceptors (Lipinski definition) is 4. The van der Waals surface area contributed by atoms with Gasteiger partial charge in [0.2, 0.25) is 0 Å². The van der Waals surface area contributed by atoms with Crippen LogP contribution in [0.15, 0.2) is 35.3 Å². The van der Waals surface area contributed by atoms with E-state index in [0.717, 1.165) is 0 Å². The Morgan fingerprint density at radius 1 is 1.38 bits per heavy atom. The summed E-state index contributed by atoms with van der Waals surface area (Å²) in [4.78, 5) is 26.8. The lowest BCUT2D eigenvalue weighted by Crippen LogP contribution is -2.25. The number of benzene rings is 1. The summed E-state index contributed by atoms with van der Waals surface area (Å²) in [5.74, 6) is -0.329. The summed E-state index contributed by atoms with van der Waals surface area (Å²) in [6, 6.07) is 7.06. The standard InChI is InChI=1S/C14H14N4O3/c19-7-3-6-15-13(20)10-8-16-18-11-5-2-1-4-9(11)14(21)17-12(10)18/h1-2,4-5,8,19H,3,6-7H2,(H,15,20)(H,17,21). The van der Waals surface area contributed by atoms with E-state index in [1.54, 1.807) is 18.2 Å². The van der Waals surface area contributed by atoms with Crippen molar-refractivity contribution in [3.63, 3.8) is 0 Å². The quantitative estimate of drug-likeness (QED) is 0.600. The maximum absolute atomic E-state index is 12.1. The van der Waals surface area contributed by atoms with Crippen LogP contribution in [0.1, 0.15) is 16.8 Å². The van der Waals surface area contributed by atoms with Gasteiger partial charge in [-0.2, -0.15) is 5.10 Å². The number of carbonyl (C=O) groups is 1. The van der Waals surface area contributed by atoms with Gasteiger partial charge < -0.3 is 15.4 Å². The summed E-state index contributed by atoms with van der Waals surface area (Å²) in [5, 5.41) is 16.1. The van der Waals surface area contributed by atoms with Gasteiger partial charge in [-0.3, -0.25) is 9.59 Å². The maximum atomic E-state index is 12.1. The molecular formula is C14H14N4O3. The molecule has 0 unspecified atom stereocenters. The van der Waals surface area contributed by atoms with Crippen LogP contribution in [0.5, 0.6) is 0 Å². The maximum Gasteiger partial charge on any atom is 0.259 e. The van der Waals surface area contributed by atoms with Crippen molar-refractivity contribution in [3.05, 3.63) is 46.4 Å². The molecule has 21 heavy (non-hydrogen) atoms. The molecule has 7 nitrogen and oxygen atoms in total. The summed E-state index contributed by atoms with van der Waals surface area (Å²) in [5.41, 5.74) is 1.05. The number of nitrogens with zero attached hydrogens (tertiary/aromatic N) is 2. The second-order valence-corrected chi connectivity index (χ2v) is 4.62. The fourth-order valence-corrected chi connectivity index (χ4v) is 2.22. The average molecular weight is 286 g/mol. The normalized spacial score (nSPS) is 11.1. The molecule has 0 aliphatic carbocycles. The molecule has 0 radical (unpaired) electrons. The molecule has 3 aromatic rings. The highest BCUT2D eigenvalue weighted by Crippen LogP contribution is 2.13. The monoisotopic (exact) mass is 286 g/mol. The first-order chi connectivity index (χ1) is 10.2. The highest BCUT2D eigenvalue weighted by molar-refractivity contribution is 6.00. The summed E-state index contributed by atoms with van der Waals surface area (Å²) in [6.45, 7) is 0.376. The van der Waals surface area contributed by atoms with E-state index >= 15 is 0 Å². The second-order valence-electron chi connectivity index (χ2n) is 4.62. The Morgan fingerprint density at radius 3 is 3.00 bits per heavy atom. The Balaban J connectivity index is 2.10. The number of para-hydroxylation sites is 1. The first-order valence-corrected chi connectivity index (χ1v) is 6.60. The minimum atomic E-state index is -0.329. The molecule has 1 amide bonds. The summed E-state index contributed by atoms with van der Waals surface area (Å²) in [6.07, 6.45) is 1.90. The summed E-state index contributed by atoms with van der Waals surface area (Å²) < 4.78 is 1.54. The number of nitrogens with one attached hydrogen (secondary N) is 2. The van der Waals surface area contributed by atoms with E-state index in [9.17, 15) is 9.59 Å². The zero-order chi connectivity index (χ0) is 14.8. The van der Waals surface area contributed by atoms with Crippen LogP contribution in [0.4, 0.5) is 0 Å². The second kappa shape index (κ2) is 5.37.